The van der Waals surface area contributed by atoms with Crippen LogP contribution in [0.25, 0.3) is 10.9 Å². The van der Waals surface area contributed by atoms with Crippen molar-refractivity contribution in [3.05, 3.63) is 41.6 Å². The lowest BCUT2D eigenvalue weighted by Crippen LogP contribution is -2.06. The Morgan fingerprint density at radius 1 is 1.06 bits per heavy atom. The average molecular weight is 247 g/mol. The summed E-state index contributed by atoms with van der Waals surface area (Å²) in [6.45, 7) is 4.00. The number of benzene rings is 1. The van der Waals surface area contributed by atoms with Crippen LogP contribution in [0.3, 0.4) is 0 Å². The highest BCUT2D eigenvalue weighted by Crippen LogP contribution is 2.18. The van der Waals surface area contributed by atoms with Gasteiger partial charge in [-0.15, -0.1) is 0 Å². The molecule has 0 amide bonds. The van der Waals surface area contributed by atoms with Gasteiger partial charge >= 0.3 is 11.9 Å². The first kappa shape index (κ1) is 13.6. The Morgan fingerprint density at radius 3 is 2.22 bits per heavy atom. The Labute approximate surface area is 104 Å². The van der Waals surface area contributed by atoms with Gasteiger partial charge in [0.1, 0.15) is 5.69 Å². The van der Waals surface area contributed by atoms with Crippen molar-refractivity contribution in [2.24, 2.45) is 0 Å². The molecule has 5 heteroatoms. The lowest BCUT2D eigenvalue weighted by Gasteiger charge is -2.03. The summed E-state index contributed by atoms with van der Waals surface area (Å²) in [5.41, 5.74) is 0.0406. The van der Waals surface area contributed by atoms with Crippen molar-refractivity contribution >= 4 is 22.8 Å². The smallest absolute Gasteiger partial charge is 0.354 e. The molecule has 2 N–H and O–H groups in total. The van der Waals surface area contributed by atoms with Gasteiger partial charge in [0.25, 0.3) is 0 Å². The summed E-state index contributed by atoms with van der Waals surface area (Å²) in [6, 6.07) is 7.59. The standard InChI is InChI=1S/C11H7NO4.C2H6/c13-10(14)7-5-9(11(15)16)12-8-4-2-1-3-6(7)8;1-2/h1-5H,(H,13,14)(H,15,16);1-2H3. The first-order valence-electron chi connectivity index (χ1n) is 5.46. The predicted octanol–water partition coefficient (Wildman–Crippen LogP) is 2.66. The van der Waals surface area contributed by atoms with E-state index in [-0.39, 0.29) is 11.3 Å². The number of carboxylic acids is 2. The second-order valence-electron chi connectivity index (χ2n) is 3.18. The van der Waals surface area contributed by atoms with Gasteiger partial charge < -0.3 is 10.2 Å². The highest BCUT2D eigenvalue weighted by atomic mass is 16.4. The van der Waals surface area contributed by atoms with Crippen LogP contribution < -0.4 is 0 Å². The maximum atomic E-state index is 11.0. The summed E-state index contributed by atoms with van der Waals surface area (Å²) in [4.78, 5) is 25.6. The molecule has 2 aromatic rings. The summed E-state index contributed by atoms with van der Waals surface area (Å²) in [5, 5.41) is 18.2. The van der Waals surface area contributed by atoms with Crippen LogP contribution in [0.2, 0.25) is 0 Å². The number of hydrogen-bond acceptors (Lipinski definition) is 3. The Hall–Kier alpha value is -2.43. The van der Waals surface area contributed by atoms with E-state index in [0.717, 1.165) is 6.07 Å². The first-order valence-corrected chi connectivity index (χ1v) is 5.46. The van der Waals surface area contributed by atoms with Crippen LogP contribution in [0, 0.1) is 0 Å². The van der Waals surface area contributed by atoms with Crippen LogP contribution >= 0.6 is 0 Å². The fourth-order valence-electron chi connectivity index (χ4n) is 1.46. The Kier molecular flexibility index (Phi) is 4.37. The number of rotatable bonds is 2. The summed E-state index contributed by atoms with van der Waals surface area (Å²) in [6.07, 6.45) is 0. The van der Waals surface area contributed by atoms with E-state index in [0.29, 0.717) is 10.9 Å². The fraction of sp³-hybridized carbons (Fsp3) is 0.154. The van der Waals surface area contributed by atoms with Crippen molar-refractivity contribution < 1.29 is 19.8 Å². The molecule has 0 aliphatic heterocycles. The molecule has 0 bridgehead atoms. The third-order valence-corrected chi connectivity index (χ3v) is 2.17. The van der Waals surface area contributed by atoms with Gasteiger partial charge in [-0.05, 0) is 12.1 Å². The number of fused-ring (bicyclic) bond motifs is 1. The normalized spacial score (nSPS) is 9.44. The van der Waals surface area contributed by atoms with Crippen LogP contribution in [0.4, 0.5) is 0 Å². The molecule has 5 nitrogen and oxygen atoms in total. The van der Waals surface area contributed by atoms with E-state index >= 15 is 0 Å². The number of pyridine rings is 1. The van der Waals surface area contributed by atoms with Crippen molar-refractivity contribution in [1.29, 1.82) is 0 Å². The molecule has 0 fully saturated rings. The number of carboxylic acid groups (broad SMARTS) is 2. The minimum absolute atomic E-state index is 0.0528. The second kappa shape index (κ2) is 5.77. The van der Waals surface area contributed by atoms with E-state index in [1.54, 1.807) is 24.3 Å². The Bertz CT molecular complexity index is 593. The van der Waals surface area contributed by atoms with Crippen molar-refractivity contribution in [3.63, 3.8) is 0 Å². The minimum atomic E-state index is -1.24. The van der Waals surface area contributed by atoms with Crippen LogP contribution in [0.5, 0.6) is 0 Å². The van der Waals surface area contributed by atoms with Crippen LogP contribution in [0.15, 0.2) is 30.3 Å². The van der Waals surface area contributed by atoms with Crippen LogP contribution in [0.1, 0.15) is 34.7 Å². The zero-order valence-corrected chi connectivity index (χ0v) is 10.0. The number of aromatic nitrogens is 1. The zero-order chi connectivity index (χ0) is 13.7. The largest absolute Gasteiger partial charge is 0.478 e. The number of para-hydroxylation sites is 1. The van der Waals surface area contributed by atoms with Crippen molar-refractivity contribution in [3.8, 4) is 0 Å². The van der Waals surface area contributed by atoms with Gasteiger partial charge in [0, 0.05) is 5.39 Å². The topological polar surface area (TPSA) is 87.5 Å². The molecule has 0 radical (unpaired) electrons. The molecule has 0 aliphatic carbocycles. The Morgan fingerprint density at radius 2 is 1.67 bits per heavy atom. The van der Waals surface area contributed by atoms with Gasteiger partial charge in [-0.3, -0.25) is 0 Å². The SMILES string of the molecule is CC.O=C(O)c1cc(C(=O)O)c2ccccc2n1. The molecule has 1 heterocycles. The van der Waals surface area contributed by atoms with Gasteiger partial charge in [-0.1, -0.05) is 32.0 Å². The summed E-state index contributed by atoms with van der Waals surface area (Å²) < 4.78 is 0. The lowest BCUT2D eigenvalue weighted by atomic mass is 10.1. The number of carbonyl (C=O) groups is 2. The number of aromatic carboxylic acids is 2. The van der Waals surface area contributed by atoms with E-state index in [1.165, 1.54) is 0 Å². The highest BCUT2D eigenvalue weighted by Gasteiger charge is 2.14. The van der Waals surface area contributed by atoms with Gasteiger partial charge in [-0.25, -0.2) is 14.6 Å². The summed E-state index contributed by atoms with van der Waals surface area (Å²) in [5.74, 6) is -2.41. The molecule has 0 saturated carbocycles. The highest BCUT2D eigenvalue weighted by molar-refractivity contribution is 6.04. The molecule has 2 rings (SSSR count). The Balaban J connectivity index is 0.000000771. The third-order valence-electron chi connectivity index (χ3n) is 2.17. The number of hydrogen-bond donors (Lipinski definition) is 2. The summed E-state index contributed by atoms with van der Waals surface area (Å²) >= 11 is 0. The quantitative estimate of drug-likeness (QED) is 0.851. The molecule has 0 spiro atoms. The van der Waals surface area contributed by atoms with E-state index < -0.39 is 11.9 Å². The molecule has 1 aromatic carbocycles. The predicted molar refractivity (Wildman–Crippen MR) is 67.0 cm³/mol. The molecular formula is C13H13NO4. The van der Waals surface area contributed by atoms with E-state index in [2.05, 4.69) is 4.98 Å². The van der Waals surface area contributed by atoms with Gasteiger partial charge in [-0.2, -0.15) is 0 Å². The monoisotopic (exact) mass is 247 g/mol. The maximum absolute atomic E-state index is 11.0. The molecule has 18 heavy (non-hydrogen) atoms. The molecule has 0 saturated heterocycles. The van der Waals surface area contributed by atoms with Crippen molar-refractivity contribution in [2.75, 3.05) is 0 Å². The van der Waals surface area contributed by atoms with Crippen LogP contribution in [-0.4, -0.2) is 27.1 Å². The lowest BCUT2D eigenvalue weighted by molar-refractivity contribution is 0.0691. The maximum Gasteiger partial charge on any atom is 0.354 e. The van der Waals surface area contributed by atoms with E-state index in [9.17, 15) is 9.59 Å². The molecule has 0 unspecified atom stereocenters. The van der Waals surface area contributed by atoms with Gasteiger partial charge in [0.15, 0.2) is 0 Å². The molecular weight excluding hydrogens is 234 g/mol. The van der Waals surface area contributed by atoms with Gasteiger partial charge in [0.05, 0.1) is 11.1 Å². The molecule has 94 valence electrons. The zero-order valence-electron chi connectivity index (χ0n) is 10.0. The molecule has 0 aliphatic rings. The van der Waals surface area contributed by atoms with E-state index in [1.807, 2.05) is 13.8 Å². The number of nitrogens with zero attached hydrogens (tertiary/aromatic N) is 1. The van der Waals surface area contributed by atoms with Crippen molar-refractivity contribution in [1.82, 2.24) is 4.98 Å². The molecule has 1 aromatic heterocycles. The first-order chi connectivity index (χ1) is 8.59. The molecule has 0 atom stereocenters. The van der Waals surface area contributed by atoms with Gasteiger partial charge in [0.2, 0.25) is 0 Å². The average Bonchev–Trinajstić information content (AvgIpc) is 2.39. The second-order valence-corrected chi connectivity index (χ2v) is 3.18. The minimum Gasteiger partial charge on any atom is -0.478 e. The summed E-state index contributed by atoms with van der Waals surface area (Å²) in [7, 11) is 0. The third kappa shape index (κ3) is 2.63. The van der Waals surface area contributed by atoms with E-state index in [4.69, 9.17) is 10.2 Å². The van der Waals surface area contributed by atoms with Crippen LogP contribution in [-0.2, 0) is 0 Å². The fourth-order valence-corrected chi connectivity index (χ4v) is 1.46. The van der Waals surface area contributed by atoms with Crippen molar-refractivity contribution in [2.45, 2.75) is 13.8 Å².